The van der Waals surface area contributed by atoms with Crippen molar-refractivity contribution in [2.24, 2.45) is 0 Å². The molecule has 1 aliphatic rings. The number of benzene rings is 1. The van der Waals surface area contributed by atoms with E-state index < -0.39 is 0 Å². The van der Waals surface area contributed by atoms with Crippen molar-refractivity contribution in [3.05, 3.63) is 28.8 Å². The monoisotopic (exact) mass is 242 g/mol. The van der Waals surface area contributed by atoms with Crippen LogP contribution in [0.3, 0.4) is 0 Å². The second-order valence-corrected chi connectivity index (χ2v) is 4.21. The largest absolute Gasteiger partial charge is 0.495 e. The van der Waals surface area contributed by atoms with Gasteiger partial charge in [-0.2, -0.15) is 0 Å². The van der Waals surface area contributed by atoms with E-state index in [0.717, 1.165) is 5.56 Å². The Labute approximate surface area is 100 Å². The summed E-state index contributed by atoms with van der Waals surface area (Å²) < 4.78 is 16.4. The standard InChI is InChI=1S/C12H15ClO3/c1-7-12(16-8(2)15-7)9-5-4-6-10(14-3)11(9)13/h4-8,12H,1-3H3/t7-,8-,12+/m1/s1. The lowest BCUT2D eigenvalue weighted by Gasteiger charge is -2.16. The van der Waals surface area contributed by atoms with E-state index in [4.69, 9.17) is 25.8 Å². The summed E-state index contributed by atoms with van der Waals surface area (Å²) in [4.78, 5) is 0. The lowest BCUT2D eigenvalue weighted by Crippen LogP contribution is -2.11. The second-order valence-electron chi connectivity index (χ2n) is 3.83. The Morgan fingerprint density at radius 3 is 2.56 bits per heavy atom. The predicted octanol–water partition coefficient (Wildman–Crippen LogP) is 3.17. The topological polar surface area (TPSA) is 27.7 Å². The number of hydrogen-bond acceptors (Lipinski definition) is 3. The molecule has 0 amide bonds. The van der Waals surface area contributed by atoms with Gasteiger partial charge in [0.25, 0.3) is 0 Å². The van der Waals surface area contributed by atoms with Gasteiger partial charge in [0.05, 0.1) is 18.2 Å². The molecule has 1 aromatic carbocycles. The summed E-state index contributed by atoms with van der Waals surface area (Å²) in [7, 11) is 1.60. The number of hydrogen-bond donors (Lipinski definition) is 0. The highest BCUT2D eigenvalue weighted by atomic mass is 35.5. The smallest absolute Gasteiger partial charge is 0.156 e. The molecule has 0 saturated carbocycles. The summed E-state index contributed by atoms with van der Waals surface area (Å²) in [6.45, 7) is 3.86. The van der Waals surface area contributed by atoms with Crippen LogP contribution in [0.25, 0.3) is 0 Å². The van der Waals surface area contributed by atoms with E-state index in [1.54, 1.807) is 7.11 Å². The molecule has 3 nitrogen and oxygen atoms in total. The van der Waals surface area contributed by atoms with Crippen molar-refractivity contribution in [3.8, 4) is 5.75 Å². The Bertz CT molecular complexity index is 381. The van der Waals surface area contributed by atoms with Crippen molar-refractivity contribution in [2.75, 3.05) is 7.11 Å². The fourth-order valence-corrected chi connectivity index (χ4v) is 2.26. The average molecular weight is 243 g/mol. The number of halogens is 1. The van der Waals surface area contributed by atoms with Crippen molar-refractivity contribution in [3.63, 3.8) is 0 Å². The SMILES string of the molecule is COc1cccc([C@H]2O[C@H](C)O[C@@H]2C)c1Cl. The molecule has 1 saturated heterocycles. The molecular formula is C12H15ClO3. The molecule has 0 bridgehead atoms. The third-order valence-corrected chi connectivity index (χ3v) is 3.09. The maximum atomic E-state index is 6.24. The van der Waals surface area contributed by atoms with E-state index in [-0.39, 0.29) is 18.5 Å². The van der Waals surface area contributed by atoms with Gasteiger partial charge in [-0.05, 0) is 19.9 Å². The molecule has 0 radical (unpaired) electrons. The lowest BCUT2D eigenvalue weighted by molar-refractivity contribution is -0.0494. The van der Waals surface area contributed by atoms with Crippen molar-refractivity contribution in [1.82, 2.24) is 0 Å². The minimum Gasteiger partial charge on any atom is -0.495 e. The van der Waals surface area contributed by atoms with Gasteiger partial charge in [0.15, 0.2) is 6.29 Å². The van der Waals surface area contributed by atoms with E-state index in [0.29, 0.717) is 10.8 Å². The van der Waals surface area contributed by atoms with Crippen molar-refractivity contribution >= 4 is 11.6 Å². The van der Waals surface area contributed by atoms with Crippen LogP contribution < -0.4 is 4.74 Å². The Balaban J connectivity index is 2.33. The van der Waals surface area contributed by atoms with Crippen molar-refractivity contribution in [2.45, 2.75) is 32.3 Å². The summed E-state index contributed by atoms with van der Waals surface area (Å²) in [5.74, 6) is 0.662. The Hall–Kier alpha value is -0.770. The van der Waals surface area contributed by atoms with Gasteiger partial charge in [-0.15, -0.1) is 0 Å². The second kappa shape index (κ2) is 4.62. The van der Waals surface area contributed by atoms with Crippen LogP contribution in [0.5, 0.6) is 5.75 Å². The zero-order valence-electron chi connectivity index (χ0n) is 9.57. The molecule has 1 fully saturated rings. The van der Waals surface area contributed by atoms with Crippen LogP contribution in [0.1, 0.15) is 25.5 Å². The van der Waals surface area contributed by atoms with Crippen LogP contribution in [0, 0.1) is 0 Å². The van der Waals surface area contributed by atoms with Crippen LogP contribution >= 0.6 is 11.6 Å². The number of methoxy groups -OCH3 is 1. The first-order chi connectivity index (χ1) is 7.63. The van der Waals surface area contributed by atoms with Gasteiger partial charge < -0.3 is 14.2 Å². The molecule has 1 aliphatic heterocycles. The van der Waals surface area contributed by atoms with Crippen LogP contribution in [-0.2, 0) is 9.47 Å². The van der Waals surface area contributed by atoms with Gasteiger partial charge in [0.1, 0.15) is 11.9 Å². The molecule has 16 heavy (non-hydrogen) atoms. The summed E-state index contributed by atoms with van der Waals surface area (Å²) >= 11 is 6.24. The first-order valence-electron chi connectivity index (χ1n) is 5.26. The molecule has 4 heteroatoms. The van der Waals surface area contributed by atoms with E-state index in [1.165, 1.54) is 0 Å². The van der Waals surface area contributed by atoms with Gasteiger partial charge in [0, 0.05) is 5.56 Å². The fourth-order valence-electron chi connectivity index (χ4n) is 1.95. The fraction of sp³-hybridized carbons (Fsp3) is 0.500. The van der Waals surface area contributed by atoms with E-state index in [2.05, 4.69) is 0 Å². The molecule has 1 aromatic rings. The van der Waals surface area contributed by atoms with Gasteiger partial charge in [0.2, 0.25) is 0 Å². The third kappa shape index (κ3) is 2.03. The van der Waals surface area contributed by atoms with Crippen LogP contribution in [0.4, 0.5) is 0 Å². The molecular weight excluding hydrogens is 228 g/mol. The maximum absolute atomic E-state index is 6.24. The normalized spacial score (nSPS) is 29.4. The molecule has 0 aliphatic carbocycles. The first kappa shape index (κ1) is 11.7. The third-order valence-electron chi connectivity index (χ3n) is 2.69. The summed E-state index contributed by atoms with van der Waals surface area (Å²) in [6, 6.07) is 5.67. The molecule has 88 valence electrons. The molecule has 3 atom stereocenters. The van der Waals surface area contributed by atoms with Gasteiger partial charge >= 0.3 is 0 Å². The highest BCUT2D eigenvalue weighted by molar-refractivity contribution is 6.32. The quantitative estimate of drug-likeness (QED) is 0.797. The van der Waals surface area contributed by atoms with E-state index >= 15 is 0 Å². The van der Waals surface area contributed by atoms with Crippen LogP contribution in [0.2, 0.25) is 5.02 Å². The van der Waals surface area contributed by atoms with Gasteiger partial charge in [-0.25, -0.2) is 0 Å². The van der Waals surface area contributed by atoms with Crippen molar-refractivity contribution in [1.29, 1.82) is 0 Å². The summed E-state index contributed by atoms with van der Waals surface area (Å²) in [5.41, 5.74) is 0.915. The number of ether oxygens (including phenoxy) is 3. The molecule has 1 heterocycles. The highest BCUT2D eigenvalue weighted by Gasteiger charge is 2.33. The number of rotatable bonds is 2. The summed E-state index contributed by atoms with van der Waals surface area (Å²) in [5, 5.41) is 0.597. The molecule has 0 spiro atoms. The minimum atomic E-state index is -0.192. The average Bonchev–Trinajstić information content (AvgIpc) is 2.58. The lowest BCUT2D eigenvalue weighted by atomic mass is 10.1. The zero-order chi connectivity index (χ0) is 11.7. The first-order valence-corrected chi connectivity index (χ1v) is 5.64. The van der Waals surface area contributed by atoms with E-state index in [9.17, 15) is 0 Å². The molecule has 0 unspecified atom stereocenters. The van der Waals surface area contributed by atoms with Gasteiger partial charge in [-0.1, -0.05) is 23.7 Å². The Kier molecular flexibility index (Phi) is 3.38. The zero-order valence-corrected chi connectivity index (χ0v) is 10.3. The van der Waals surface area contributed by atoms with Crippen LogP contribution in [0.15, 0.2) is 18.2 Å². The van der Waals surface area contributed by atoms with Gasteiger partial charge in [-0.3, -0.25) is 0 Å². The van der Waals surface area contributed by atoms with Crippen molar-refractivity contribution < 1.29 is 14.2 Å². The predicted molar refractivity (Wildman–Crippen MR) is 61.8 cm³/mol. The minimum absolute atomic E-state index is 0.000365. The van der Waals surface area contributed by atoms with E-state index in [1.807, 2.05) is 32.0 Å². The Morgan fingerprint density at radius 2 is 2.00 bits per heavy atom. The van der Waals surface area contributed by atoms with Crippen LogP contribution in [-0.4, -0.2) is 19.5 Å². The highest BCUT2D eigenvalue weighted by Crippen LogP contribution is 2.39. The Morgan fingerprint density at radius 1 is 1.25 bits per heavy atom. The molecule has 2 rings (SSSR count). The maximum Gasteiger partial charge on any atom is 0.156 e. The molecule has 0 aromatic heterocycles. The summed E-state index contributed by atoms with van der Waals surface area (Å²) in [6.07, 6.45) is -0.320. The molecule has 0 N–H and O–H groups in total.